The lowest BCUT2D eigenvalue weighted by atomic mass is 10.1. The normalized spacial score (nSPS) is 15.5. The summed E-state index contributed by atoms with van der Waals surface area (Å²) >= 11 is 0. The van der Waals surface area contributed by atoms with Crippen LogP contribution in [0.15, 0.2) is 65.0 Å². The van der Waals surface area contributed by atoms with Crippen LogP contribution in [0.5, 0.6) is 0 Å². The first kappa shape index (κ1) is 22.4. The third kappa shape index (κ3) is 4.16. The van der Waals surface area contributed by atoms with Gasteiger partial charge in [-0.3, -0.25) is 19.8 Å². The van der Waals surface area contributed by atoms with Gasteiger partial charge in [0.05, 0.1) is 40.9 Å². The summed E-state index contributed by atoms with van der Waals surface area (Å²) in [6, 6.07) is 9.59. The van der Waals surface area contributed by atoms with Crippen LogP contribution in [0.4, 0.5) is 18.9 Å². The highest BCUT2D eigenvalue weighted by Gasteiger charge is 2.41. The number of carbonyl (C=O) groups excluding carboxylic acids is 1. The first-order valence-electron chi connectivity index (χ1n) is 10.6. The number of nitrogens with one attached hydrogen (secondary N) is 1. The Kier molecular flexibility index (Phi) is 5.39. The summed E-state index contributed by atoms with van der Waals surface area (Å²) in [4.78, 5) is 30.0. The van der Waals surface area contributed by atoms with Crippen molar-refractivity contribution in [3.8, 4) is 5.69 Å². The van der Waals surface area contributed by atoms with Crippen molar-refractivity contribution in [1.82, 2.24) is 19.7 Å². The number of anilines is 1. The number of halogens is 3. The minimum atomic E-state index is -4.85. The standard InChI is InChI=1S/C24H18F3N7O/c1-13-9-15(11-29-20(13)22-30-10-14(2)32-22)33-23(35)17-12-31-34(21(17)24(25,26)27)19-7-3-6-18-16(19)5-4-8-28-18/h3-12,14H,1-2H3,(H,33,35). The number of pyridine rings is 2. The summed E-state index contributed by atoms with van der Waals surface area (Å²) in [5.74, 6) is -0.487. The number of aromatic nitrogens is 4. The van der Waals surface area contributed by atoms with Crippen LogP contribution in [0.25, 0.3) is 16.6 Å². The van der Waals surface area contributed by atoms with E-state index in [0.29, 0.717) is 28.0 Å². The number of hydrogen-bond donors (Lipinski definition) is 1. The molecule has 0 spiro atoms. The molecule has 0 bridgehead atoms. The van der Waals surface area contributed by atoms with Gasteiger partial charge in [-0.15, -0.1) is 0 Å². The van der Waals surface area contributed by atoms with E-state index in [1.807, 2.05) is 6.92 Å². The maximum atomic E-state index is 14.2. The Balaban J connectivity index is 1.51. The second kappa shape index (κ2) is 8.42. The van der Waals surface area contributed by atoms with E-state index in [1.54, 1.807) is 49.7 Å². The molecule has 1 amide bonds. The molecule has 35 heavy (non-hydrogen) atoms. The van der Waals surface area contributed by atoms with Gasteiger partial charge in [0.1, 0.15) is 5.69 Å². The molecule has 4 aromatic rings. The Morgan fingerprint density at radius 2 is 1.94 bits per heavy atom. The van der Waals surface area contributed by atoms with Gasteiger partial charge in [0.15, 0.2) is 11.5 Å². The lowest BCUT2D eigenvalue weighted by Crippen LogP contribution is -2.21. The summed E-state index contributed by atoms with van der Waals surface area (Å²) in [5, 5.41) is 6.88. The number of benzene rings is 1. The van der Waals surface area contributed by atoms with Crippen LogP contribution in [0, 0.1) is 6.92 Å². The highest BCUT2D eigenvalue weighted by Crippen LogP contribution is 2.35. The Morgan fingerprint density at radius 3 is 2.66 bits per heavy atom. The van der Waals surface area contributed by atoms with Crippen molar-refractivity contribution < 1.29 is 18.0 Å². The Labute approximate surface area is 197 Å². The summed E-state index contributed by atoms with van der Waals surface area (Å²) < 4.78 is 43.2. The number of amides is 1. The molecule has 0 radical (unpaired) electrons. The minimum Gasteiger partial charge on any atom is -0.320 e. The zero-order valence-electron chi connectivity index (χ0n) is 18.6. The maximum absolute atomic E-state index is 14.2. The van der Waals surface area contributed by atoms with Crippen molar-refractivity contribution in [3.63, 3.8) is 0 Å². The van der Waals surface area contributed by atoms with Crippen molar-refractivity contribution >= 4 is 34.5 Å². The van der Waals surface area contributed by atoms with Crippen molar-refractivity contribution in [2.24, 2.45) is 9.98 Å². The fourth-order valence-electron chi connectivity index (χ4n) is 3.88. The predicted octanol–water partition coefficient (Wildman–Crippen LogP) is 4.61. The molecule has 1 N–H and O–H groups in total. The van der Waals surface area contributed by atoms with E-state index in [9.17, 15) is 18.0 Å². The van der Waals surface area contributed by atoms with E-state index in [-0.39, 0.29) is 17.4 Å². The van der Waals surface area contributed by atoms with E-state index in [1.165, 1.54) is 12.3 Å². The highest BCUT2D eigenvalue weighted by molar-refractivity contribution is 6.08. The molecular formula is C24H18F3N7O. The van der Waals surface area contributed by atoms with Gasteiger partial charge in [-0.25, -0.2) is 9.67 Å². The molecule has 176 valence electrons. The number of amidine groups is 1. The van der Waals surface area contributed by atoms with Crippen LogP contribution in [-0.4, -0.2) is 43.7 Å². The van der Waals surface area contributed by atoms with Crippen molar-refractivity contribution in [2.75, 3.05) is 5.32 Å². The number of carbonyl (C=O) groups is 1. The predicted molar refractivity (Wildman–Crippen MR) is 125 cm³/mol. The number of fused-ring (bicyclic) bond motifs is 1. The number of hydrogen-bond acceptors (Lipinski definition) is 6. The van der Waals surface area contributed by atoms with E-state index in [2.05, 4.69) is 30.4 Å². The van der Waals surface area contributed by atoms with Gasteiger partial charge in [-0.2, -0.15) is 18.3 Å². The van der Waals surface area contributed by atoms with Crippen LogP contribution in [0.1, 0.15) is 34.2 Å². The van der Waals surface area contributed by atoms with E-state index in [0.717, 1.165) is 10.9 Å². The van der Waals surface area contributed by atoms with Gasteiger partial charge in [-0.1, -0.05) is 6.07 Å². The van der Waals surface area contributed by atoms with Gasteiger partial charge in [0.2, 0.25) is 0 Å². The van der Waals surface area contributed by atoms with Gasteiger partial charge in [0, 0.05) is 17.8 Å². The average Bonchev–Trinajstić information content (AvgIpc) is 3.45. The summed E-state index contributed by atoms with van der Waals surface area (Å²) in [6.45, 7) is 3.64. The van der Waals surface area contributed by atoms with Crippen molar-refractivity contribution in [2.45, 2.75) is 26.1 Å². The minimum absolute atomic E-state index is 0.0552. The second-order valence-corrected chi connectivity index (χ2v) is 7.98. The third-order valence-corrected chi connectivity index (χ3v) is 5.42. The SMILES string of the molecule is Cc1cc(NC(=O)c2cnn(-c3cccc4ncccc34)c2C(F)(F)F)cnc1C1=NC(C)C=N1. The Morgan fingerprint density at radius 1 is 1.11 bits per heavy atom. The van der Waals surface area contributed by atoms with Gasteiger partial charge < -0.3 is 5.32 Å². The molecule has 0 aliphatic carbocycles. The van der Waals surface area contributed by atoms with Crippen LogP contribution >= 0.6 is 0 Å². The molecule has 11 heteroatoms. The van der Waals surface area contributed by atoms with Crippen LogP contribution in [0.2, 0.25) is 0 Å². The van der Waals surface area contributed by atoms with Crippen LogP contribution < -0.4 is 5.32 Å². The largest absolute Gasteiger partial charge is 0.434 e. The molecule has 1 atom stereocenters. The summed E-state index contributed by atoms with van der Waals surface area (Å²) in [6.07, 6.45) is 0.655. The number of nitrogens with zero attached hydrogens (tertiary/aromatic N) is 6. The summed E-state index contributed by atoms with van der Waals surface area (Å²) in [5.41, 5.74) is 0.319. The number of rotatable bonds is 4. The smallest absolute Gasteiger partial charge is 0.320 e. The Bertz CT molecular complexity index is 1520. The Hall–Kier alpha value is -4.41. The lowest BCUT2D eigenvalue weighted by Gasteiger charge is -2.14. The maximum Gasteiger partial charge on any atom is 0.434 e. The molecule has 8 nitrogen and oxygen atoms in total. The summed E-state index contributed by atoms with van der Waals surface area (Å²) in [7, 11) is 0. The molecule has 5 rings (SSSR count). The monoisotopic (exact) mass is 477 g/mol. The molecule has 0 saturated heterocycles. The second-order valence-electron chi connectivity index (χ2n) is 7.98. The van der Waals surface area contributed by atoms with Gasteiger partial charge in [0.25, 0.3) is 5.91 Å². The molecule has 0 saturated carbocycles. The molecule has 1 aliphatic rings. The van der Waals surface area contributed by atoms with Crippen molar-refractivity contribution in [3.05, 3.63) is 77.5 Å². The highest BCUT2D eigenvalue weighted by atomic mass is 19.4. The zero-order valence-corrected chi connectivity index (χ0v) is 18.6. The van der Waals surface area contributed by atoms with Gasteiger partial charge >= 0.3 is 6.18 Å². The van der Waals surface area contributed by atoms with E-state index in [4.69, 9.17) is 0 Å². The first-order valence-corrected chi connectivity index (χ1v) is 10.6. The molecule has 0 fully saturated rings. The average molecular weight is 477 g/mol. The van der Waals surface area contributed by atoms with Crippen LogP contribution in [0.3, 0.4) is 0 Å². The fourth-order valence-corrected chi connectivity index (χ4v) is 3.88. The lowest BCUT2D eigenvalue weighted by molar-refractivity contribution is -0.143. The van der Waals surface area contributed by atoms with E-state index >= 15 is 0 Å². The number of alkyl halides is 3. The fraction of sp³-hybridized carbons (Fsp3) is 0.167. The molecular weight excluding hydrogens is 459 g/mol. The van der Waals surface area contributed by atoms with E-state index < -0.39 is 23.3 Å². The first-order chi connectivity index (χ1) is 16.7. The molecule has 4 heterocycles. The zero-order chi connectivity index (χ0) is 24.7. The molecule has 3 aromatic heterocycles. The quantitative estimate of drug-likeness (QED) is 0.464. The third-order valence-electron chi connectivity index (χ3n) is 5.42. The topological polar surface area (TPSA) is 97.4 Å². The van der Waals surface area contributed by atoms with Crippen LogP contribution in [-0.2, 0) is 6.18 Å². The molecule has 1 unspecified atom stereocenters. The molecule has 1 aromatic carbocycles. The number of aliphatic imine (C=N–C) groups is 2. The molecule has 1 aliphatic heterocycles. The number of aryl methyl sites for hydroxylation is 1. The van der Waals surface area contributed by atoms with Crippen molar-refractivity contribution in [1.29, 1.82) is 0 Å². The van der Waals surface area contributed by atoms with Gasteiger partial charge in [-0.05, 0) is 49.7 Å².